The zero-order chi connectivity index (χ0) is 16.7. The van der Waals surface area contributed by atoms with Gasteiger partial charge < -0.3 is 15.0 Å². The maximum atomic E-state index is 11.8. The van der Waals surface area contributed by atoms with Crippen molar-refractivity contribution in [3.63, 3.8) is 0 Å². The number of amides is 3. The monoisotopic (exact) mass is 317 g/mol. The minimum absolute atomic E-state index is 0.0549. The van der Waals surface area contributed by atoms with E-state index >= 15 is 0 Å². The van der Waals surface area contributed by atoms with E-state index in [1.165, 1.54) is 0 Å². The molecule has 0 fully saturated rings. The van der Waals surface area contributed by atoms with Crippen LogP contribution >= 0.6 is 0 Å². The predicted molar refractivity (Wildman–Crippen MR) is 84.8 cm³/mol. The number of ether oxygens (including phenoxy) is 1. The van der Waals surface area contributed by atoms with E-state index in [0.717, 1.165) is 22.9 Å². The summed E-state index contributed by atoms with van der Waals surface area (Å²) in [6.45, 7) is 1.88. The largest absolute Gasteiger partial charge is 0.455 e. The molecule has 2 rings (SSSR count). The summed E-state index contributed by atoms with van der Waals surface area (Å²) in [5, 5.41) is 5.52. The van der Waals surface area contributed by atoms with Crippen LogP contribution in [0.4, 0.5) is 4.79 Å². The number of esters is 1. The Hall–Kier alpha value is -2.83. The van der Waals surface area contributed by atoms with Crippen molar-refractivity contribution in [3.8, 4) is 0 Å². The van der Waals surface area contributed by atoms with Crippen LogP contribution in [0.5, 0.6) is 0 Å². The van der Waals surface area contributed by atoms with Crippen molar-refractivity contribution in [2.24, 2.45) is 0 Å². The molecule has 0 radical (unpaired) electrons. The number of aromatic amines is 1. The lowest BCUT2D eigenvalue weighted by Gasteiger charge is -2.06. The molecule has 7 nitrogen and oxygen atoms in total. The fourth-order valence-corrected chi connectivity index (χ4v) is 2.08. The first-order valence-electron chi connectivity index (χ1n) is 7.38. The lowest BCUT2D eigenvalue weighted by molar-refractivity contribution is -0.147. The fourth-order valence-electron chi connectivity index (χ4n) is 2.08. The van der Waals surface area contributed by atoms with E-state index in [4.69, 9.17) is 4.74 Å². The summed E-state index contributed by atoms with van der Waals surface area (Å²) in [6, 6.07) is 7.00. The van der Waals surface area contributed by atoms with Crippen molar-refractivity contribution in [2.75, 3.05) is 13.2 Å². The molecule has 1 aromatic heterocycles. The minimum Gasteiger partial charge on any atom is -0.455 e. The van der Waals surface area contributed by atoms with Gasteiger partial charge in [-0.05, 0) is 18.1 Å². The molecule has 0 aliphatic heterocycles. The number of carbonyl (C=O) groups excluding carboxylic acids is 3. The number of urea groups is 1. The van der Waals surface area contributed by atoms with E-state index in [2.05, 4.69) is 15.6 Å². The summed E-state index contributed by atoms with van der Waals surface area (Å²) in [4.78, 5) is 37.6. The van der Waals surface area contributed by atoms with Gasteiger partial charge in [0.1, 0.15) is 0 Å². The highest BCUT2D eigenvalue weighted by Crippen LogP contribution is 2.18. The van der Waals surface area contributed by atoms with E-state index in [1.807, 2.05) is 31.2 Å². The van der Waals surface area contributed by atoms with Crippen molar-refractivity contribution in [3.05, 3.63) is 36.0 Å². The molecule has 0 aliphatic rings. The topological polar surface area (TPSA) is 100 Å². The first-order valence-corrected chi connectivity index (χ1v) is 7.38. The third-order valence-electron chi connectivity index (χ3n) is 3.16. The van der Waals surface area contributed by atoms with Crippen LogP contribution < -0.4 is 10.6 Å². The number of rotatable bonds is 6. The predicted octanol–water partition coefficient (Wildman–Crippen LogP) is 1.49. The average molecular weight is 317 g/mol. The molecular weight excluding hydrogens is 298 g/mol. The van der Waals surface area contributed by atoms with E-state index < -0.39 is 24.5 Å². The van der Waals surface area contributed by atoms with Crippen LogP contribution in [-0.4, -0.2) is 36.0 Å². The van der Waals surface area contributed by atoms with Crippen molar-refractivity contribution >= 4 is 28.8 Å². The summed E-state index contributed by atoms with van der Waals surface area (Å²) < 4.78 is 4.89. The van der Waals surface area contributed by atoms with Gasteiger partial charge in [-0.2, -0.15) is 0 Å². The van der Waals surface area contributed by atoms with Gasteiger partial charge in [-0.15, -0.1) is 0 Å². The van der Waals surface area contributed by atoms with Gasteiger partial charge in [0.2, 0.25) is 0 Å². The molecule has 0 aliphatic carbocycles. The van der Waals surface area contributed by atoms with Gasteiger partial charge in [0.25, 0.3) is 5.91 Å². The fraction of sp³-hybridized carbons (Fsp3) is 0.312. The first kappa shape index (κ1) is 16.5. The first-order chi connectivity index (χ1) is 11.1. The summed E-state index contributed by atoms with van der Waals surface area (Å²) in [6.07, 6.45) is 2.56. The molecule has 1 aromatic carbocycles. The Kier molecular flexibility index (Phi) is 5.74. The van der Waals surface area contributed by atoms with Gasteiger partial charge in [-0.3, -0.25) is 14.9 Å². The number of fused-ring (bicyclic) bond motifs is 1. The summed E-state index contributed by atoms with van der Waals surface area (Å²) in [5.41, 5.74) is 1.73. The molecule has 0 bridgehead atoms. The van der Waals surface area contributed by atoms with Crippen LogP contribution in [0.15, 0.2) is 30.5 Å². The lowest BCUT2D eigenvalue weighted by atomic mass is 10.1. The molecule has 1 heterocycles. The summed E-state index contributed by atoms with van der Waals surface area (Å²) in [7, 11) is 0. The van der Waals surface area contributed by atoms with Crippen LogP contribution in [0.2, 0.25) is 0 Å². The SMILES string of the molecule is CCCNC(=O)NC(=O)COC(=O)Cc1c[nH]c2ccccc12. The third kappa shape index (κ3) is 4.84. The number of hydrogen-bond donors (Lipinski definition) is 3. The molecule has 3 N–H and O–H groups in total. The number of para-hydroxylation sites is 1. The maximum Gasteiger partial charge on any atom is 0.321 e. The number of hydrogen-bond acceptors (Lipinski definition) is 4. The average Bonchev–Trinajstić information content (AvgIpc) is 2.94. The Balaban J connectivity index is 1.79. The molecule has 23 heavy (non-hydrogen) atoms. The minimum atomic E-state index is -0.661. The van der Waals surface area contributed by atoms with Crippen LogP contribution in [0.25, 0.3) is 10.9 Å². The Labute approximate surface area is 133 Å². The highest BCUT2D eigenvalue weighted by Gasteiger charge is 2.13. The molecular formula is C16H19N3O4. The molecule has 0 unspecified atom stereocenters. The van der Waals surface area contributed by atoms with Gasteiger partial charge in [-0.25, -0.2) is 4.79 Å². The molecule has 0 saturated carbocycles. The Morgan fingerprint density at radius 1 is 1.22 bits per heavy atom. The molecule has 7 heteroatoms. The number of benzene rings is 1. The van der Waals surface area contributed by atoms with Crippen LogP contribution in [-0.2, 0) is 20.7 Å². The molecule has 2 aromatic rings. The Morgan fingerprint density at radius 2 is 2.00 bits per heavy atom. The second-order valence-electron chi connectivity index (χ2n) is 5.00. The van der Waals surface area contributed by atoms with Crippen LogP contribution in [0, 0.1) is 0 Å². The van der Waals surface area contributed by atoms with Crippen LogP contribution in [0.3, 0.4) is 0 Å². The highest BCUT2D eigenvalue weighted by molar-refractivity contribution is 5.95. The number of aromatic nitrogens is 1. The van der Waals surface area contributed by atoms with E-state index in [9.17, 15) is 14.4 Å². The zero-order valence-corrected chi connectivity index (χ0v) is 12.8. The van der Waals surface area contributed by atoms with Gasteiger partial charge in [0.15, 0.2) is 6.61 Å². The van der Waals surface area contributed by atoms with Gasteiger partial charge in [0, 0.05) is 23.6 Å². The van der Waals surface area contributed by atoms with E-state index in [0.29, 0.717) is 6.54 Å². The van der Waals surface area contributed by atoms with Crippen LogP contribution in [0.1, 0.15) is 18.9 Å². The second kappa shape index (κ2) is 7.98. The highest BCUT2D eigenvalue weighted by atomic mass is 16.5. The van der Waals surface area contributed by atoms with Crippen molar-refractivity contribution < 1.29 is 19.1 Å². The molecule has 3 amide bonds. The van der Waals surface area contributed by atoms with Gasteiger partial charge in [-0.1, -0.05) is 25.1 Å². The molecule has 0 atom stereocenters. The molecule has 0 spiro atoms. The Bertz CT molecular complexity index is 708. The maximum absolute atomic E-state index is 11.8. The van der Waals surface area contributed by atoms with Crippen molar-refractivity contribution in [2.45, 2.75) is 19.8 Å². The molecule has 0 saturated heterocycles. The van der Waals surface area contributed by atoms with Gasteiger partial charge >= 0.3 is 12.0 Å². The normalized spacial score (nSPS) is 10.3. The number of nitrogens with one attached hydrogen (secondary N) is 3. The quantitative estimate of drug-likeness (QED) is 0.703. The summed E-state index contributed by atoms with van der Waals surface area (Å²) >= 11 is 0. The van der Waals surface area contributed by atoms with Crippen molar-refractivity contribution in [1.82, 2.24) is 15.6 Å². The number of carbonyl (C=O) groups is 3. The van der Waals surface area contributed by atoms with E-state index in [1.54, 1.807) is 6.20 Å². The summed E-state index contributed by atoms with van der Waals surface area (Å²) in [5.74, 6) is -1.19. The molecule has 122 valence electrons. The smallest absolute Gasteiger partial charge is 0.321 e. The second-order valence-corrected chi connectivity index (χ2v) is 5.00. The zero-order valence-electron chi connectivity index (χ0n) is 12.8. The van der Waals surface area contributed by atoms with E-state index in [-0.39, 0.29) is 6.42 Å². The van der Waals surface area contributed by atoms with Gasteiger partial charge in [0.05, 0.1) is 6.42 Å². The lowest BCUT2D eigenvalue weighted by Crippen LogP contribution is -2.41. The number of H-pyrrole nitrogens is 1. The Morgan fingerprint density at radius 3 is 2.78 bits per heavy atom. The third-order valence-corrected chi connectivity index (χ3v) is 3.16. The number of imide groups is 1. The standard InChI is InChI=1S/C16H19N3O4/c1-2-7-17-16(22)19-14(20)10-23-15(21)8-11-9-18-13-6-4-3-5-12(11)13/h3-6,9,18H,2,7-8,10H2,1H3,(H2,17,19,20,22). The van der Waals surface area contributed by atoms with Crippen molar-refractivity contribution in [1.29, 1.82) is 0 Å².